The standard InChI is InChI=1S/C30H52O/c1-8-21(19(2)3)10-9-20(4)24-11-12-25-23-17-27(31-7)30-18-22(30)13-16-29(30,6)26(23)14-15-28(24,25)5/h19-27H,8-18H2,1-7H3/t20-,21+,22?,23+,24-,25+,26+,27?,28-,29-,30?/m1/s1/i19D. The molecule has 11 atom stereocenters. The lowest BCUT2D eigenvalue weighted by Gasteiger charge is -2.61. The van der Waals surface area contributed by atoms with E-state index in [0.717, 1.165) is 41.9 Å². The number of fused-ring (bicyclic) bond motifs is 4. The Balaban J connectivity index is 1.32. The summed E-state index contributed by atoms with van der Waals surface area (Å²) in [4.78, 5) is 0. The molecular weight excluding hydrogens is 376 g/mol. The number of rotatable bonds is 7. The second-order valence-corrected chi connectivity index (χ2v) is 13.7. The molecule has 5 aliphatic rings. The molecule has 3 unspecified atom stereocenters. The summed E-state index contributed by atoms with van der Waals surface area (Å²) in [5, 5.41) is 0. The minimum atomic E-state index is -0.292. The van der Waals surface area contributed by atoms with Crippen LogP contribution in [0.15, 0.2) is 0 Å². The Morgan fingerprint density at radius 1 is 1.00 bits per heavy atom. The van der Waals surface area contributed by atoms with Gasteiger partial charge in [0.15, 0.2) is 0 Å². The van der Waals surface area contributed by atoms with E-state index in [9.17, 15) is 0 Å². The van der Waals surface area contributed by atoms with Gasteiger partial charge in [-0.05, 0) is 116 Å². The summed E-state index contributed by atoms with van der Waals surface area (Å²) in [5.74, 6) is 5.71. The van der Waals surface area contributed by atoms with Gasteiger partial charge in [-0.25, -0.2) is 0 Å². The summed E-state index contributed by atoms with van der Waals surface area (Å²) in [5.41, 5.74) is 1.65. The van der Waals surface area contributed by atoms with E-state index >= 15 is 0 Å². The van der Waals surface area contributed by atoms with E-state index in [1.54, 1.807) is 0 Å². The van der Waals surface area contributed by atoms with E-state index in [1.807, 2.05) is 7.11 Å². The first-order chi connectivity index (χ1) is 15.0. The molecule has 0 N–H and O–H groups in total. The van der Waals surface area contributed by atoms with Gasteiger partial charge in [0.25, 0.3) is 0 Å². The number of ether oxygens (including phenoxy) is 1. The lowest BCUT2D eigenvalue weighted by Crippen LogP contribution is -2.57. The molecular formula is C30H52O. The number of hydrogen-bond donors (Lipinski definition) is 0. The lowest BCUT2D eigenvalue weighted by molar-refractivity contribution is -0.161. The Morgan fingerprint density at radius 2 is 1.77 bits per heavy atom. The molecule has 31 heavy (non-hydrogen) atoms. The SMILES string of the molecule is [2H]C(C)(C)[C@@H](CC)CC[C@@H](C)[C@H]1CC[C@H]2[C@@H]3CC(OC)C45CC4CC[C@]5(C)[C@H]3CC[C@]12C. The summed E-state index contributed by atoms with van der Waals surface area (Å²) in [7, 11) is 2.02. The van der Waals surface area contributed by atoms with Crippen molar-refractivity contribution in [3.8, 4) is 0 Å². The zero-order valence-corrected chi connectivity index (χ0v) is 21.8. The van der Waals surface area contributed by atoms with E-state index in [4.69, 9.17) is 6.11 Å². The third kappa shape index (κ3) is 3.03. The molecule has 0 aromatic rings. The first-order valence-corrected chi connectivity index (χ1v) is 14.1. The molecule has 5 saturated carbocycles. The first-order valence-electron chi connectivity index (χ1n) is 14.6. The van der Waals surface area contributed by atoms with Crippen LogP contribution in [-0.2, 0) is 4.74 Å². The average molecular weight is 430 g/mol. The van der Waals surface area contributed by atoms with Gasteiger partial charge in [0.1, 0.15) is 0 Å². The van der Waals surface area contributed by atoms with Crippen molar-refractivity contribution >= 4 is 0 Å². The molecule has 178 valence electrons. The van der Waals surface area contributed by atoms with Crippen LogP contribution in [0.3, 0.4) is 0 Å². The van der Waals surface area contributed by atoms with E-state index in [2.05, 4.69) is 41.5 Å². The molecule has 0 saturated heterocycles. The van der Waals surface area contributed by atoms with Crippen LogP contribution in [0.2, 0.25) is 0 Å². The minimum absolute atomic E-state index is 0.292. The van der Waals surface area contributed by atoms with Crippen LogP contribution in [-0.4, -0.2) is 13.2 Å². The van der Waals surface area contributed by atoms with Gasteiger partial charge in [-0.3, -0.25) is 0 Å². The second kappa shape index (κ2) is 7.74. The van der Waals surface area contributed by atoms with Crippen molar-refractivity contribution in [1.29, 1.82) is 0 Å². The third-order valence-corrected chi connectivity index (χ3v) is 12.9. The van der Waals surface area contributed by atoms with E-state index in [1.165, 1.54) is 64.2 Å². The topological polar surface area (TPSA) is 9.23 Å². The van der Waals surface area contributed by atoms with Crippen molar-refractivity contribution in [3.05, 3.63) is 0 Å². The number of methoxy groups -OCH3 is 1. The van der Waals surface area contributed by atoms with Gasteiger partial charge in [-0.1, -0.05) is 54.4 Å². The van der Waals surface area contributed by atoms with E-state index in [0.29, 0.717) is 28.3 Å². The highest BCUT2D eigenvalue weighted by Crippen LogP contribution is 2.82. The van der Waals surface area contributed by atoms with Gasteiger partial charge in [-0.2, -0.15) is 0 Å². The molecule has 5 fully saturated rings. The van der Waals surface area contributed by atoms with E-state index < -0.39 is 0 Å². The normalized spacial score (nSPS) is 53.1. The smallest absolute Gasteiger partial charge is 0.0638 e. The van der Waals surface area contributed by atoms with Gasteiger partial charge >= 0.3 is 0 Å². The Hall–Kier alpha value is -0.0400. The number of hydrogen-bond acceptors (Lipinski definition) is 1. The van der Waals surface area contributed by atoms with E-state index in [-0.39, 0.29) is 5.89 Å². The summed E-state index contributed by atoms with van der Waals surface area (Å²) in [6.07, 6.45) is 15.9. The molecule has 0 aromatic carbocycles. The van der Waals surface area contributed by atoms with Crippen molar-refractivity contribution < 1.29 is 6.11 Å². The van der Waals surface area contributed by atoms with Crippen LogP contribution in [0.5, 0.6) is 0 Å². The largest absolute Gasteiger partial charge is 0.381 e. The predicted octanol–water partition coefficient (Wildman–Crippen LogP) is 8.37. The molecule has 1 spiro atoms. The van der Waals surface area contributed by atoms with Crippen LogP contribution in [0, 0.1) is 63.6 Å². The maximum atomic E-state index is 8.55. The Bertz CT molecular complexity index is 712. The molecule has 0 aliphatic heterocycles. The molecule has 1 heteroatoms. The van der Waals surface area contributed by atoms with Crippen LogP contribution < -0.4 is 0 Å². The van der Waals surface area contributed by atoms with Gasteiger partial charge in [0.2, 0.25) is 0 Å². The van der Waals surface area contributed by atoms with Crippen LogP contribution >= 0.6 is 0 Å². The molecule has 1 nitrogen and oxygen atoms in total. The first kappa shape index (κ1) is 21.5. The van der Waals surface area contributed by atoms with Gasteiger partial charge in [-0.15, -0.1) is 0 Å². The monoisotopic (exact) mass is 429 g/mol. The summed E-state index contributed by atoms with van der Waals surface area (Å²) in [6, 6.07) is 0. The maximum absolute atomic E-state index is 8.55. The molecule has 5 aliphatic carbocycles. The molecule has 0 aromatic heterocycles. The highest BCUT2D eigenvalue weighted by atomic mass is 16.5. The fourth-order valence-corrected chi connectivity index (χ4v) is 11.1. The van der Waals surface area contributed by atoms with Crippen LogP contribution in [0.4, 0.5) is 0 Å². The highest BCUT2D eigenvalue weighted by molar-refractivity contribution is 5.26. The summed E-state index contributed by atoms with van der Waals surface area (Å²) < 4.78 is 14.9. The van der Waals surface area contributed by atoms with Gasteiger partial charge in [0, 0.05) is 13.9 Å². The molecule has 5 rings (SSSR count). The summed E-state index contributed by atoms with van der Waals surface area (Å²) in [6.45, 7) is 14.5. The average Bonchev–Trinajstić information content (AvgIpc) is 3.23. The third-order valence-electron chi connectivity index (χ3n) is 12.9. The van der Waals surface area contributed by atoms with Crippen molar-refractivity contribution in [2.75, 3.05) is 7.11 Å². The van der Waals surface area contributed by atoms with Gasteiger partial charge < -0.3 is 4.74 Å². The Morgan fingerprint density at radius 3 is 2.42 bits per heavy atom. The summed E-state index contributed by atoms with van der Waals surface area (Å²) >= 11 is 0. The van der Waals surface area contributed by atoms with Crippen molar-refractivity contribution in [1.82, 2.24) is 0 Å². The Kier molecular flexibility index (Phi) is 5.37. The fourth-order valence-electron chi connectivity index (χ4n) is 11.1. The van der Waals surface area contributed by atoms with Crippen LogP contribution in [0.1, 0.15) is 114 Å². The highest BCUT2D eigenvalue weighted by Gasteiger charge is 2.77. The van der Waals surface area contributed by atoms with Gasteiger partial charge in [0.05, 0.1) is 6.10 Å². The zero-order chi connectivity index (χ0) is 23.1. The fraction of sp³-hybridized carbons (Fsp3) is 1.00. The van der Waals surface area contributed by atoms with Crippen molar-refractivity contribution in [2.45, 2.75) is 118 Å². The second-order valence-electron chi connectivity index (χ2n) is 13.7. The lowest BCUT2D eigenvalue weighted by atomic mass is 9.45. The minimum Gasteiger partial charge on any atom is -0.381 e. The Labute approximate surface area is 195 Å². The quantitative estimate of drug-likeness (QED) is 0.395. The predicted molar refractivity (Wildman–Crippen MR) is 131 cm³/mol. The molecule has 0 radical (unpaired) electrons. The molecule has 0 amide bonds. The molecule has 0 bridgehead atoms. The van der Waals surface area contributed by atoms with Crippen molar-refractivity contribution in [2.24, 2.45) is 63.6 Å². The zero-order valence-electron chi connectivity index (χ0n) is 22.8. The maximum Gasteiger partial charge on any atom is 0.0638 e. The van der Waals surface area contributed by atoms with Crippen LogP contribution in [0.25, 0.3) is 0 Å². The van der Waals surface area contributed by atoms with Crippen molar-refractivity contribution in [3.63, 3.8) is 0 Å². The molecule has 0 heterocycles.